The van der Waals surface area contributed by atoms with Crippen molar-refractivity contribution in [3.63, 3.8) is 0 Å². The number of pyridine rings is 1. The highest BCUT2D eigenvalue weighted by Gasteiger charge is 2.36. The van der Waals surface area contributed by atoms with Crippen LogP contribution in [0.1, 0.15) is 28.2 Å². The van der Waals surface area contributed by atoms with Gasteiger partial charge in [0.25, 0.3) is 11.8 Å². The molecule has 5 rings (SSSR count). The summed E-state index contributed by atoms with van der Waals surface area (Å²) in [5.74, 6) is -0.772. The minimum Gasteiger partial charge on any atom is -0.496 e. The number of ether oxygens (including phenoxy) is 1. The molecule has 3 aromatic rings. The van der Waals surface area contributed by atoms with E-state index in [0.29, 0.717) is 36.6 Å². The van der Waals surface area contributed by atoms with E-state index in [1.165, 1.54) is 36.1 Å². The number of hydrogen-bond donors (Lipinski definition) is 2. The topological polar surface area (TPSA) is 95.9 Å². The minimum atomic E-state index is -0.726. The Bertz CT molecular complexity index is 1420. The number of piperazine rings is 1. The molecular weight excluding hydrogens is 497 g/mol. The predicted octanol–water partition coefficient (Wildman–Crippen LogP) is 2.50. The number of thioether (sulfide) groups is 1. The second-order valence-electron chi connectivity index (χ2n) is 8.83. The second kappa shape index (κ2) is 10.4. The van der Waals surface area contributed by atoms with Gasteiger partial charge < -0.3 is 19.5 Å². The number of aromatic nitrogens is 1. The van der Waals surface area contributed by atoms with E-state index in [0.717, 1.165) is 18.7 Å². The molecule has 11 heteroatoms. The molecule has 2 fully saturated rings. The number of carbonyl (C=O) groups excluding carboxylic acids is 2. The molecule has 1 unspecified atom stereocenters. The average molecular weight is 526 g/mol. The van der Waals surface area contributed by atoms with Crippen LogP contribution < -0.4 is 25.8 Å². The molecule has 2 amide bonds. The first-order chi connectivity index (χ1) is 17.9. The monoisotopic (exact) mass is 525 g/mol. The van der Waals surface area contributed by atoms with Gasteiger partial charge in [-0.1, -0.05) is 18.2 Å². The van der Waals surface area contributed by atoms with E-state index in [9.17, 15) is 14.4 Å². The van der Waals surface area contributed by atoms with Crippen LogP contribution in [-0.2, 0) is 11.3 Å². The molecule has 9 nitrogen and oxygen atoms in total. The molecule has 0 spiro atoms. The third-order valence-electron chi connectivity index (χ3n) is 6.69. The van der Waals surface area contributed by atoms with Crippen LogP contribution in [-0.4, -0.2) is 60.4 Å². The van der Waals surface area contributed by atoms with Crippen LogP contribution in [0.2, 0.25) is 0 Å². The van der Waals surface area contributed by atoms with Gasteiger partial charge in [-0.2, -0.15) is 0 Å². The lowest BCUT2D eigenvalue weighted by Gasteiger charge is -2.30. The Morgan fingerprint density at radius 2 is 1.97 bits per heavy atom. The molecule has 0 bridgehead atoms. The zero-order chi connectivity index (χ0) is 26.1. The van der Waals surface area contributed by atoms with Gasteiger partial charge in [-0.3, -0.25) is 19.8 Å². The number of methoxy groups -OCH3 is 1. The van der Waals surface area contributed by atoms with Gasteiger partial charge in [-0.15, -0.1) is 11.8 Å². The summed E-state index contributed by atoms with van der Waals surface area (Å²) in [5.41, 5.74) is 3.60. The van der Waals surface area contributed by atoms with Crippen molar-refractivity contribution in [2.75, 3.05) is 43.9 Å². The van der Waals surface area contributed by atoms with Gasteiger partial charge in [-0.25, -0.2) is 9.40 Å². The molecule has 194 valence electrons. The number of benzene rings is 2. The summed E-state index contributed by atoms with van der Waals surface area (Å²) in [6, 6.07) is 10.2. The van der Waals surface area contributed by atoms with Crippen molar-refractivity contribution < 1.29 is 18.7 Å². The van der Waals surface area contributed by atoms with Gasteiger partial charge in [0.1, 0.15) is 22.5 Å². The van der Waals surface area contributed by atoms with E-state index >= 15 is 4.39 Å². The number of aryl methyl sites for hydroxylation is 1. The smallest absolute Gasteiger partial charge is 0.275 e. The van der Waals surface area contributed by atoms with Gasteiger partial charge in [0.15, 0.2) is 0 Å². The lowest BCUT2D eigenvalue weighted by molar-refractivity contribution is -0.130. The largest absolute Gasteiger partial charge is 0.496 e. The summed E-state index contributed by atoms with van der Waals surface area (Å²) in [6.07, 6.45) is 1.48. The van der Waals surface area contributed by atoms with E-state index in [4.69, 9.17) is 4.74 Å². The van der Waals surface area contributed by atoms with Crippen LogP contribution in [0.25, 0.3) is 10.9 Å². The van der Waals surface area contributed by atoms with Crippen molar-refractivity contribution in [3.8, 4) is 5.75 Å². The molecule has 0 radical (unpaired) electrons. The molecule has 0 aliphatic carbocycles. The Hall–Kier alpha value is -3.57. The number of hydrazine groups is 1. The number of para-hydroxylation sites is 1. The maximum Gasteiger partial charge on any atom is 0.275 e. The average Bonchev–Trinajstić information content (AvgIpc) is 3.28. The Kier molecular flexibility index (Phi) is 7.07. The zero-order valence-corrected chi connectivity index (χ0v) is 21.4. The number of anilines is 1. The molecule has 2 saturated heterocycles. The number of rotatable bonds is 6. The summed E-state index contributed by atoms with van der Waals surface area (Å²) in [7, 11) is 1.54. The normalized spacial score (nSPS) is 17.9. The molecule has 0 saturated carbocycles. The van der Waals surface area contributed by atoms with Crippen molar-refractivity contribution in [1.82, 2.24) is 20.3 Å². The van der Waals surface area contributed by atoms with E-state index in [1.807, 2.05) is 30.0 Å². The van der Waals surface area contributed by atoms with Crippen LogP contribution in [0.4, 0.5) is 10.1 Å². The lowest BCUT2D eigenvalue weighted by atomic mass is 10.1. The summed E-state index contributed by atoms with van der Waals surface area (Å²) in [4.78, 5) is 41.4. The Morgan fingerprint density at radius 3 is 2.70 bits per heavy atom. The van der Waals surface area contributed by atoms with Crippen molar-refractivity contribution in [3.05, 3.63) is 69.8 Å². The summed E-state index contributed by atoms with van der Waals surface area (Å²) in [6.45, 7) is 5.17. The molecule has 2 aromatic carbocycles. The molecule has 3 heterocycles. The first-order valence-corrected chi connectivity index (χ1v) is 13.2. The Balaban J connectivity index is 1.50. The Morgan fingerprint density at radius 1 is 1.22 bits per heavy atom. The Labute approximate surface area is 217 Å². The van der Waals surface area contributed by atoms with Crippen molar-refractivity contribution in [2.45, 2.75) is 18.8 Å². The van der Waals surface area contributed by atoms with Crippen LogP contribution in [0.5, 0.6) is 5.75 Å². The maximum atomic E-state index is 15.2. The summed E-state index contributed by atoms with van der Waals surface area (Å²) in [5, 5.41) is 4.09. The summed E-state index contributed by atoms with van der Waals surface area (Å²) < 4.78 is 22.4. The first kappa shape index (κ1) is 25.1. The molecule has 2 aliphatic rings. The lowest BCUT2D eigenvalue weighted by Crippen LogP contribution is -2.46. The number of fused-ring (bicyclic) bond motifs is 1. The van der Waals surface area contributed by atoms with E-state index in [-0.39, 0.29) is 22.6 Å². The SMILES string of the molecule is CCn1cc(C(=O)NN2C(=O)CSC2c2ccccc2OC)c(=O)c2cc(F)c(N3CCNCC3)cc21. The zero-order valence-electron chi connectivity index (χ0n) is 20.6. The van der Waals surface area contributed by atoms with Crippen molar-refractivity contribution in [1.29, 1.82) is 0 Å². The van der Waals surface area contributed by atoms with Gasteiger partial charge in [-0.05, 0) is 25.1 Å². The van der Waals surface area contributed by atoms with Crippen molar-refractivity contribution in [2.24, 2.45) is 0 Å². The van der Waals surface area contributed by atoms with Crippen LogP contribution in [0.15, 0.2) is 47.4 Å². The number of halogens is 1. The highest BCUT2D eigenvalue weighted by Crippen LogP contribution is 2.41. The molecule has 37 heavy (non-hydrogen) atoms. The number of nitrogens with zero attached hydrogens (tertiary/aromatic N) is 3. The fourth-order valence-corrected chi connectivity index (χ4v) is 5.92. The maximum absolute atomic E-state index is 15.2. The van der Waals surface area contributed by atoms with E-state index in [1.54, 1.807) is 16.7 Å². The quantitative estimate of drug-likeness (QED) is 0.511. The molecule has 2 N–H and O–H groups in total. The van der Waals surface area contributed by atoms with Crippen LogP contribution in [0, 0.1) is 5.82 Å². The summed E-state index contributed by atoms with van der Waals surface area (Å²) >= 11 is 1.35. The third-order valence-corrected chi connectivity index (χ3v) is 7.88. The predicted molar refractivity (Wildman–Crippen MR) is 141 cm³/mol. The van der Waals surface area contributed by atoms with Gasteiger partial charge in [0.2, 0.25) is 5.43 Å². The number of hydrogen-bond acceptors (Lipinski definition) is 7. The van der Waals surface area contributed by atoms with Crippen molar-refractivity contribution >= 4 is 40.2 Å². The van der Waals surface area contributed by atoms with Gasteiger partial charge in [0, 0.05) is 49.9 Å². The van der Waals surface area contributed by atoms with E-state index in [2.05, 4.69) is 10.7 Å². The van der Waals surface area contributed by atoms with Gasteiger partial charge in [0.05, 0.1) is 24.1 Å². The number of amides is 2. The fourth-order valence-electron chi connectivity index (χ4n) is 4.79. The standard InChI is InChI=1S/C26H28FN5O4S/c1-3-30-14-18(24(34)17-12-19(27)21(13-20(17)30)31-10-8-28-9-11-31)25(35)29-32-23(33)15-37-26(32)16-6-4-5-7-22(16)36-2/h4-7,12-14,26,28H,3,8-11,15H2,1-2H3,(H,29,35). The first-order valence-electron chi connectivity index (χ1n) is 12.1. The second-order valence-corrected chi connectivity index (χ2v) is 9.89. The fraction of sp³-hybridized carbons (Fsp3) is 0.346. The van der Waals surface area contributed by atoms with Crippen LogP contribution >= 0.6 is 11.8 Å². The molecule has 1 aromatic heterocycles. The van der Waals surface area contributed by atoms with E-state index < -0.39 is 22.5 Å². The van der Waals surface area contributed by atoms with Gasteiger partial charge >= 0.3 is 0 Å². The third kappa shape index (κ3) is 4.64. The number of carbonyl (C=O) groups is 2. The highest BCUT2D eigenvalue weighted by molar-refractivity contribution is 8.00. The highest BCUT2D eigenvalue weighted by atomic mass is 32.2. The molecule has 1 atom stereocenters. The number of nitrogens with one attached hydrogen (secondary N) is 2. The molecular formula is C26H28FN5O4S. The minimum absolute atomic E-state index is 0.120. The van der Waals surface area contributed by atoms with Crippen LogP contribution in [0.3, 0.4) is 0 Å². The molecule has 2 aliphatic heterocycles.